The molecule has 2 aromatic rings. The number of hydrogen-bond donors (Lipinski definition) is 2. The van der Waals surface area contributed by atoms with Gasteiger partial charge in [0.2, 0.25) is 5.82 Å². The van der Waals surface area contributed by atoms with Crippen molar-refractivity contribution in [2.45, 2.75) is 76.0 Å². The monoisotopic (exact) mass is 691 g/mol. The Hall–Kier alpha value is -3.33. The van der Waals surface area contributed by atoms with Crippen LogP contribution in [0.2, 0.25) is 0 Å². The van der Waals surface area contributed by atoms with Crippen LogP contribution in [0.5, 0.6) is 5.88 Å². The van der Waals surface area contributed by atoms with Crippen LogP contribution in [0, 0.1) is 0 Å². The molecule has 0 radical (unpaired) electrons. The van der Waals surface area contributed by atoms with Crippen molar-refractivity contribution >= 4 is 62.5 Å². The quantitative estimate of drug-likeness (QED) is 0.225. The van der Waals surface area contributed by atoms with Gasteiger partial charge in [0.15, 0.2) is 6.10 Å². The highest BCUT2D eigenvalue weighted by atomic mass is 32.2. The van der Waals surface area contributed by atoms with Gasteiger partial charge in [0.05, 0.1) is 44.2 Å². The fraction of sp³-hybridized carbons (Fsp3) is 0.680. The van der Waals surface area contributed by atoms with E-state index in [1.54, 1.807) is 4.72 Å². The van der Waals surface area contributed by atoms with Gasteiger partial charge in [-0.25, -0.2) is 4.72 Å². The lowest BCUT2D eigenvalue weighted by molar-refractivity contribution is -0.158. The summed E-state index contributed by atoms with van der Waals surface area (Å²) < 4.78 is 56.5. The summed E-state index contributed by atoms with van der Waals surface area (Å²) in [5, 5.41) is 10.5. The highest BCUT2D eigenvalue weighted by Crippen LogP contribution is 2.26. The molecule has 0 saturated carbocycles. The Morgan fingerprint density at radius 1 is 1.04 bits per heavy atom. The normalized spacial score (nSPS) is 15.2. The molecule has 1 saturated heterocycles. The average molecular weight is 692 g/mol. The lowest BCUT2D eigenvalue weighted by atomic mass is 10.1. The molecule has 17 nitrogen and oxygen atoms in total. The van der Waals surface area contributed by atoms with E-state index in [2.05, 4.69) is 24.3 Å². The van der Waals surface area contributed by atoms with Crippen molar-refractivity contribution in [3.8, 4) is 5.88 Å². The lowest BCUT2D eigenvalue weighted by Gasteiger charge is -2.27. The van der Waals surface area contributed by atoms with E-state index in [0.717, 1.165) is 11.7 Å². The average Bonchev–Trinajstić information content (AvgIpc) is 3.63. The maximum Gasteiger partial charge on any atom is 0.307 e. The summed E-state index contributed by atoms with van der Waals surface area (Å²) in [6.45, 7) is 11.0. The van der Waals surface area contributed by atoms with E-state index in [1.165, 1.54) is 13.8 Å². The van der Waals surface area contributed by atoms with Gasteiger partial charge in [-0.3, -0.25) is 19.2 Å². The minimum atomic E-state index is -4.41. The number of rotatable bonds is 16. The molecular formula is C25H37N7O10S3. The fourth-order valence-corrected chi connectivity index (χ4v) is 6.29. The number of amides is 1. The van der Waals surface area contributed by atoms with Gasteiger partial charge in [0, 0.05) is 25.2 Å². The zero-order chi connectivity index (χ0) is 33.2. The second-order valence-electron chi connectivity index (χ2n) is 11.0. The molecule has 1 aliphatic heterocycles. The smallest absolute Gasteiger partial charge is 0.307 e. The number of carbonyl (C=O) groups is 4. The predicted octanol–water partition coefficient (Wildman–Crippen LogP) is 0.253. The van der Waals surface area contributed by atoms with Gasteiger partial charge in [-0.05, 0) is 34.6 Å². The third kappa shape index (κ3) is 12.2. The molecule has 20 heteroatoms. The zero-order valence-electron chi connectivity index (χ0n) is 25.6. The van der Waals surface area contributed by atoms with Crippen LogP contribution >= 0.6 is 23.1 Å². The first-order valence-electron chi connectivity index (χ1n) is 13.9. The number of ketones is 1. The second kappa shape index (κ2) is 16.3. The van der Waals surface area contributed by atoms with Crippen LogP contribution in [0.15, 0.2) is 4.34 Å². The number of aromatic nitrogens is 4. The van der Waals surface area contributed by atoms with Gasteiger partial charge in [0.25, 0.3) is 26.2 Å². The molecule has 0 aliphatic carbocycles. The van der Waals surface area contributed by atoms with Gasteiger partial charge in [-0.15, -0.1) is 14.6 Å². The number of nitrogens with one attached hydrogen (secondary N) is 2. The number of morpholine rings is 1. The maximum atomic E-state index is 12.6. The minimum Gasteiger partial charge on any atom is -0.470 e. The summed E-state index contributed by atoms with van der Waals surface area (Å²) >= 11 is 1.64. The molecule has 1 aliphatic rings. The van der Waals surface area contributed by atoms with Crippen LogP contribution in [-0.4, -0.2) is 108 Å². The molecule has 3 rings (SSSR count). The zero-order valence-corrected chi connectivity index (χ0v) is 28.0. The molecule has 2 unspecified atom stereocenters. The van der Waals surface area contributed by atoms with Crippen molar-refractivity contribution < 1.29 is 46.5 Å². The molecule has 0 bridgehead atoms. The van der Waals surface area contributed by atoms with Crippen LogP contribution in [0.3, 0.4) is 0 Å². The summed E-state index contributed by atoms with van der Waals surface area (Å²) in [7, 11) is -4.41. The van der Waals surface area contributed by atoms with Crippen molar-refractivity contribution in [1.82, 2.24) is 29.0 Å². The van der Waals surface area contributed by atoms with E-state index in [4.69, 9.17) is 18.9 Å². The van der Waals surface area contributed by atoms with Crippen molar-refractivity contribution in [2.75, 3.05) is 44.4 Å². The van der Waals surface area contributed by atoms with Crippen LogP contribution < -0.4 is 19.7 Å². The van der Waals surface area contributed by atoms with Crippen LogP contribution in [0.1, 0.15) is 52.5 Å². The van der Waals surface area contributed by atoms with Crippen molar-refractivity contribution in [3.05, 3.63) is 5.01 Å². The highest BCUT2D eigenvalue weighted by molar-refractivity contribution is 7.92. The number of nitrogens with zero attached hydrogens (tertiary/aromatic N) is 5. The van der Waals surface area contributed by atoms with E-state index in [0.29, 0.717) is 49.3 Å². The number of Topliss-reactive ketones (excluding diaryl/α,β-unsaturated/α-hetero) is 1. The molecule has 250 valence electrons. The molecule has 1 amide bonds. The Labute approximate surface area is 268 Å². The SMILES string of the molecule is CC(=O)Cc1nnc(S(=O)(=O)NC(=O)C(C)OC(=O)CCC(=O)OC(CNC(C)(C)C)COc2nsnc2N2CCOCC2)s1. The number of hydrogen-bond acceptors (Lipinski definition) is 18. The third-order valence-electron chi connectivity index (χ3n) is 5.84. The Morgan fingerprint density at radius 3 is 2.36 bits per heavy atom. The number of ether oxygens (including phenoxy) is 4. The number of esters is 2. The van der Waals surface area contributed by atoms with Crippen molar-refractivity contribution in [1.29, 1.82) is 0 Å². The minimum absolute atomic E-state index is 0.0292. The predicted molar refractivity (Wildman–Crippen MR) is 160 cm³/mol. The largest absolute Gasteiger partial charge is 0.470 e. The Kier molecular flexibility index (Phi) is 13.1. The lowest BCUT2D eigenvalue weighted by Crippen LogP contribution is -2.44. The summed E-state index contributed by atoms with van der Waals surface area (Å²) in [6.07, 6.45) is -3.13. The van der Waals surface area contributed by atoms with Crippen LogP contribution in [0.25, 0.3) is 0 Å². The summed E-state index contributed by atoms with van der Waals surface area (Å²) in [6, 6.07) is 0. The number of anilines is 1. The van der Waals surface area contributed by atoms with E-state index in [9.17, 15) is 27.6 Å². The van der Waals surface area contributed by atoms with E-state index >= 15 is 0 Å². The molecule has 2 atom stereocenters. The number of sulfonamides is 1. The van der Waals surface area contributed by atoms with Gasteiger partial charge >= 0.3 is 11.9 Å². The molecular weight excluding hydrogens is 655 g/mol. The first-order valence-corrected chi connectivity index (χ1v) is 17.0. The molecule has 0 aromatic carbocycles. The summed E-state index contributed by atoms with van der Waals surface area (Å²) in [5.74, 6) is -2.09. The molecule has 0 spiro atoms. The first kappa shape index (κ1) is 36.1. The molecule has 45 heavy (non-hydrogen) atoms. The van der Waals surface area contributed by atoms with Crippen LogP contribution in [-0.2, 0) is 49.8 Å². The fourth-order valence-electron chi connectivity index (χ4n) is 3.61. The summed E-state index contributed by atoms with van der Waals surface area (Å²) in [4.78, 5) is 50.6. The molecule has 2 N–H and O–H groups in total. The Morgan fingerprint density at radius 2 is 1.71 bits per heavy atom. The Bertz CT molecular complexity index is 1430. The standard InChI is InChI=1S/C25H37N7O10S3/c1-15(33)12-18-27-28-24(43-18)45(37,38)31-22(36)16(2)41-19(34)6-7-20(35)42-17(13-26-25(3,4)5)14-40-23-21(29-44-30-23)32-8-10-39-11-9-32/h16-17,26H,6-14H2,1-5H3,(H,31,36). The van der Waals surface area contributed by atoms with Gasteiger partial charge in [-0.2, -0.15) is 12.8 Å². The maximum absolute atomic E-state index is 12.6. The van der Waals surface area contributed by atoms with Crippen LogP contribution in [0.4, 0.5) is 5.82 Å². The van der Waals surface area contributed by atoms with E-state index in [-0.39, 0.29) is 42.3 Å². The van der Waals surface area contributed by atoms with Crippen molar-refractivity contribution in [2.24, 2.45) is 0 Å². The second-order valence-corrected chi connectivity index (χ2v) is 14.4. The number of carbonyl (C=O) groups excluding carboxylic acids is 4. The van der Waals surface area contributed by atoms with E-state index in [1.807, 2.05) is 25.7 Å². The molecule has 3 heterocycles. The van der Waals surface area contributed by atoms with E-state index < -0.39 is 50.8 Å². The first-order chi connectivity index (χ1) is 21.1. The van der Waals surface area contributed by atoms with Gasteiger partial charge in [-0.1, -0.05) is 11.3 Å². The molecule has 2 aromatic heterocycles. The highest BCUT2D eigenvalue weighted by Gasteiger charge is 2.28. The van der Waals surface area contributed by atoms with Gasteiger partial charge in [0.1, 0.15) is 23.5 Å². The summed E-state index contributed by atoms with van der Waals surface area (Å²) in [5.41, 5.74) is -0.285. The topological polar surface area (TPSA) is 218 Å². The molecule has 1 fully saturated rings. The third-order valence-corrected chi connectivity index (χ3v) is 8.98. The van der Waals surface area contributed by atoms with Gasteiger partial charge < -0.3 is 29.2 Å². The Balaban J connectivity index is 1.49. The van der Waals surface area contributed by atoms with Crippen molar-refractivity contribution in [3.63, 3.8) is 0 Å².